The van der Waals surface area contributed by atoms with Crippen molar-refractivity contribution < 1.29 is 9.26 Å². The lowest BCUT2D eigenvalue weighted by Gasteiger charge is -2.23. The van der Waals surface area contributed by atoms with E-state index in [1.807, 2.05) is 18.2 Å². The minimum absolute atomic E-state index is 0.225. The summed E-state index contributed by atoms with van der Waals surface area (Å²) in [7, 11) is 0. The zero-order chi connectivity index (χ0) is 23.7. The van der Waals surface area contributed by atoms with Crippen LogP contribution in [0.25, 0.3) is 5.57 Å². The summed E-state index contributed by atoms with van der Waals surface area (Å²) >= 11 is 0. The lowest BCUT2D eigenvalue weighted by molar-refractivity contribution is 0.265. The summed E-state index contributed by atoms with van der Waals surface area (Å²) in [5.41, 5.74) is 6.05. The Labute approximate surface area is 207 Å². The molecule has 1 atom stereocenters. The molecule has 4 nitrogen and oxygen atoms in total. The first-order valence-electron chi connectivity index (χ1n) is 12.6. The molecule has 4 heteroatoms. The third kappa shape index (κ3) is 5.90. The fourth-order valence-corrected chi connectivity index (χ4v) is 4.75. The molecule has 5 rings (SSSR count). The average Bonchev–Trinajstić information content (AvgIpc) is 3.35. The van der Waals surface area contributed by atoms with E-state index < -0.39 is 0 Å². The highest BCUT2D eigenvalue weighted by atomic mass is 16.5. The van der Waals surface area contributed by atoms with Gasteiger partial charge in [-0.15, -0.1) is 0 Å². The Morgan fingerprint density at radius 2 is 1.57 bits per heavy atom. The van der Waals surface area contributed by atoms with E-state index >= 15 is 0 Å². The third-order valence-corrected chi connectivity index (χ3v) is 6.52. The van der Waals surface area contributed by atoms with Gasteiger partial charge in [0.15, 0.2) is 0 Å². The maximum Gasteiger partial charge on any atom is 0.259 e. The molecule has 1 aliphatic carbocycles. The van der Waals surface area contributed by atoms with E-state index in [1.54, 1.807) is 0 Å². The fourth-order valence-electron chi connectivity index (χ4n) is 4.75. The number of allylic oxidation sites excluding steroid dienone is 1. The van der Waals surface area contributed by atoms with Gasteiger partial charge in [-0.1, -0.05) is 97.1 Å². The molecule has 35 heavy (non-hydrogen) atoms. The Kier molecular flexibility index (Phi) is 7.71. The van der Waals surface area contributed by atoms with Gasteiger partial charge in [-0.25, -0.2) is 0 Å². The standard InChI is InChI=1S/C31H32N2O2/c1-4-13-24(14-5-1)23-34-31-30-28(20-12-21-29(30)35-33-31)32-22-11-10-19-27(25-15-6-2-7-16-25)26-17-8-3-9-18-26/h1-9,13-19,28,32H,10-12,20-23H2. The van der Waals surface area contributed by atoms with Gasteiger partial charge in [-0.2, -0.15) is 0 Å². The zero-order valence-corrected chi connectivity index (χ0v) is 20.0. The van der Waals surface area contributed by atoms with Crippen LogP contribution in [0.4, 0.5) is 0 Å². The van der Waals surface area contributed by atoms with Gasteiger partial charge in [-0.3, -0.25) is 0 Å². The largest absolute Gasteiger partial charge is 0.470 e. The molecule has 0 aliphatic heterocycles. The van der Waals surface area contributed by atoms with Crippen LogP contribution in [0.2, 0.25) is 0 Å². The first-order chi connectivity index (χ1) is 17.4. The number of hydrogen-bond donors (Lipinski definition) is 1. The second-order valence-electron chi connectivity index (χ2n) is 8.99. The van der Waals surface area contributed by atoms with Crippen molar-refractivity contribution in [1.29, 1.82) is 0 Å². The van der Waals surface area contributed by atoms with Crippen LogP contribution in [0, 0.1) is 0 Å². The van der Waals surface area contributed by atoms with Gasteiger partial charge in [0.25, 0.3) is 5.88 Å². The highest BCUT2D eigenvalue weighted by Crippen LogP contribution is 2.36. The molecular formula is C31H32N2O2. The van der Waals surface area contributed by atoms with Crippen LogP contribution in [-0.4, -0.2) is 11.7 Å². The molecule has 178 valence electrons. The number of aromatic nitrogens is 1. The summed E-state index contributed by atoms with van der Waals surface area (Å²) in [6, 6.07) is 31.7. The second kappa shape index (κ2) is 11.7. The third-order valence-electron chi connectivity index (χ3n) is 6.52. The average molecular weight is 465 g/mol. The smallest absolute Gasteiger partial charge is 0.259 e. The molecular weight excluding hydrogens is 432 g/mol. The summed E-state index contributed by atoms with van der Waals surface area (Å²) in [5, 5.41) is 8.00. The van der Waals surface area contributed by atoms with Crippen molar-refractivity contribution in [2.24, 2.45) is 0 Å². The maximum atomic E-state index is 6.06. The second-order valence-corrected chi connectivity index (χ2v) is 8.99. The number of ether oxygens (including phenoxy) is 1. The Hall–Kier alpha value is -3.63. The normalized spacial score (nSPS) is 14.8. The molecule has 0 saturated heterocycles. The van der Waals surface area contributed by atoms with Crippen molar-refractivity contribution in [3.63, 3.8) is 0 Å². The van der Waals surface area contributed by atoms with E-state index in [0.29, 0.717) is 12.5 Å². The van der Waals surface area contributed by atoms with E-state index in [0.717, 1.165) is 55.5 Å². The number of nitrogens with one attached hydrogen (secondary N) is 1. The zero-order valence-electron chi connectivity index (χ0n) is 20.0. The van der Waals surface area contributed by atoms with Crippen molar-refractivity contribution in [3.8, 4) is 5.88 Å². The summed E-state index contributed by atoms with van der Waals surface area (Å²) < 4.78 is 11.7. The van der Waals surface area contributed by atoms with Gasteiger partial charge < -0.3 is 14.6 Å². The van der Waals surface area contributed by atoms with Crippen molar-refractivity contribution in [3.05, 3.63) is 125 Å². The van der Waals surface area contributed by atoms with Crippen LogP contribution in [0.3, 0.4) is 0 Å². The SMILES string of the molecule is C(CCCNC1CCCc2onc(OCc3ccccc3)c21)=C(c1ccccc1)c1ccccc1. The van der Waals surface area contributed by atoms with E-state index in [1.165, 1.54) is 16.7 Å². The minimum Gasteiger partial charge on any atom is -0.470 e. The highest BCUT2D eigenvalue weighted by molar-refractivity contribution is 5.79. The summed E-state index contributed by atoms with van der Waals surface area (Å²) in [6.07, 6.45) is 7.53. The van der Waals surface area contributed by atoms with Crippen LogP contribution < -0.4 is 10.1 Å². The molecule has 1 aromatic heterocycles. The van der Waals surface area contributed by atoms with E-state index in [-0.39, 0.29) is 6.04 Å². The summed E-state index contributed by atoms with van der Waals surface area (Å²) in [5.74, 6) is 1.60. The molecule has 1 N–H and O–H groups in total. The highest BCUT2D eigenvalue weighted by Gasteiger charge is 2.29. The van der Waals surface area contributed by atoms with Crippen LogP contribution in [0.5, 0.6) is 5.88 Å². The van der Waals surface area contributed by atoms with Crippen LogP contribution in [0.1, 0.15) is 59.7 Å². The monoisotopic (exact) mass is 464 g/mol. The number of unbranched alkanes of at least 4 members (excludes halogenated alkanes) is 1. The summed E-state index contributed by atoms with van der Waals surface area (Å²) in [6.45, 7) is 1.43. The first kappa shape index (κ1) is 23.1. The van der Waals surface area contributed by atoms with Gasteiger partial charge in [0.1, 0.15) is 12.4 Å². The van der Waals surface area contributed by atoms with Gasteiger partial charge >= 0.3 is 0 Å². The Balaban J connectivity index is 1.20. The fraction of sp³-hybridized carbons (Fsp3) is 0.258. The van der Waals surface area contributed by atoms with E-state index in [9.17, 15) is 0 Å². The molecule has 0 spiro atoms. The predicted octanol–water partition coefficient (Wildman–Crippen LogP) is 7.13. The van der Waals surface area contributed by atoms with Gasteiger partial charge in [0.2, 0.25) is 0 Å². The Bertz CT molecular complexity index is 1180. The molecule has 0 bridgehead atoms. The molecule has 0 saturated carbocycles. The molecule has 0 radical (unpaired) electrons. The van der Waals surface area contributed by atoms with Crippen molar-refractivity contribution >= 4 is 5.57 Å². The van der Waals surface area contributed by atoms with Crippen molar-refractivity contribution in [1.82, 2.24) is 10.5 Å². The predicted molar refractivity (Wildman–Crippen MR) is 140 cm³/mol. The van der Waals surface area contributed by atoms with E-state index in [2.05, 4.69) is 89.3 Å². The number of aryl methyl sites for hydroxylation is 1. The maximum absolute atomic E-state index is 6.06. The molecule has 3 aromatic carbocycles. The Morgan fingerprint density at radius 3 is 2.26 bits per heavy atom. The molecule has 1 heterocycles. The number of fused-ring (bicyclic) bond motifs is 1. The van der Waals surface area contributed by atoms with Crippen molar-refractivity contribution in [2.75, 3.05) is 6.54 Å². The molecule has 0 amide bonds. The minimum atomic E-state index is 0.225. The molecule has 1 aliphatic rings. The topological polar surface area (TPSA) is 47.3 Å². The van der Waals surface area contributed by atoms with Crippen LogP contribution >= 0.6 is 0 Å². The van der Waals surface area contributed by atoms with E-state index in [4.69, 9.17) is 9.26 Å². The quantitative estimate of drug-likeness (QED) is 0.254. The van der Waals surface area contributed by atoms with Crippen molar-refractivity contribution in [2.45, 2.75) is 44.8 Å². The van der Waals surface area contributed by atoms with Crippen LogP contribution in [0.15, 0.2) is 102 Å². The van der Waals surface area contributed by atoms with Gasteiger partial charge in [0, 0.05) is 12.5 Å². The van der Waals surface area contributed by atoms with Crippen LogP contribution in [-0.2, 0) is 13.0 Å². The Morgan fingerprint density at radius 1 is 0.914 bits per heavy atom. The van der Waals surface area contributed by atoms with Gasteiger partial charge in [-0.05, 0) is 59.6 Å². The number of benzene rings is 3. The molecule has 1 unspecified atom stereocenters. The lowest BCUT2D eigenvalue weighted by atomic mass is 9.93. The molecule has 0 fully saturated rings. The number of nitrogens with zero attached hydrogens (tertiary/aromatic N) is 1. The first-order valence-corrected chi connectivity index (χ1v) is 12.6. The van der Waals surface area contributed by atoms with Gasteiger partial charge in [0.05, 0.1) is 5.56 Å². The molecule has 4 aromatic rings. The number of hydrogen-bond acceptors (Lipinski definition) is 4. The lowest BCUT2D eigenvalue weighted by Crippen LogP contribution is -2.25. The number of rotatable bonds is 10. The summed E-state index contributed by atoms with van der Waals surface area (Å²) in [4.78, 5) is 0.